The maximum atomic E-state index is 14.0. The fourth-order valence-electron chi connectivity index (χ4n) is 4.75. The Balaban J connectivity index is 1.90. The van der Waals surface area contributed by atoms with Crippen molar-refractivity contribution in [3.05, 3.63) is 55.9 Å². The molecule has 0 aromatic carbocycles. The Kier molecular flexibility index (Phi) is 7.01. The van der Waals surface area contributed by atoms with Crippen molar-refractivity contribution in [2.24, 2.45) is 0 Å². The molecule has 2 amide bonds. The van der Waals surface area contributed by atoms with Gasteiger partial charge in [0.05, 0.1) is 32.3 Å². The van der Waals surface area contributed by atoms with Gasteiger partial charge in [0.1, 0.15) is 0 Å². The fourth-order valence-corrected chi connectivity index (χ4v) is 6.29. The second-order valence-corrected chi connectivity index (χ2v) is 10.6. The Morgan fingerprint density at radius 3 is 1.47 bits per heavy atom. The minimum Gasteiger partial charge on any atom is -0.303 e. The van der Waals surface area contributed by atoms with Crippen LogP contribution in [-0.4, -0.2) is 33.7 Å². The van der Waals surface area contributed by atoms with E-state index in [0.717, 1.165) is 59.7 Å². The second-order valence-electron chi connectivity index (χ2n) is 8.73. The van der Waals surface area contributed by atoms with Crippen LogP contribution in [0, 0.1) is 0 Å². The maximum absolute atomic E-state index is 14.0. The Labute approximate surface area is 199 Å². The number of carbonyl (C=O) groups is 2. The van der Waals surface area contributed by atoms with E-state index in [-0.39, 0.29) is 23.9 Å². The van der Waals surface area contributed by atoms with E-state index >= 15 is 0 Å². The summed E-state index contributed by atoms with van der Waals surface area (Å²) in [5.41, 5.74) is 2.83. The van der Waals surface area contributed by atoms with Gasteiger partial charge in [0.25, 0.3) is 11.8 Å². The number of amides is 2. The van der Waals surface area contributed by atoms with Gasteiger partial charge in [0.15, 0.2) is 0 Å². The minimum atomic E-state index is -0.0195. The average Bonchev–Trinajstić information content (AvgIpc) is 3.56. The van der Waals surface area contributed by atoms with E-state index in [1.807, 2.05) is 44.8 Å². The predicted octanol–water partition coefficient (Wildman–Crippen LogP) is 6.77. The van der Waals surface area contributed by atoms with Crippen LogP contribution in [0.3, 0.4) is 0 Å². The van der Waals surface area contributed by atoms with Crippen molar-refractivity contribution >= 4 is 45.9 Å². The van der Waals surface area contributed by atoms with Crippen LogP contribution in [0.5, 0.6) is 0 Å². The molecule has 0 spiro atoms. The van der Waals surface area contributed by atoms with Crippen molar-refractivity contribution in [3.8, 4) is 0 Å². The summed E-state index contributed by atoms with van der Waals surface area (Å²) in [5.74, 6) is -0.0390. The number of thiophene rings is 2. The summed E-state index contributed by atoms with van der Waals surface area (Å²) >= 11 is 3.20. The standard InChI is InChI=1S/C26H32N2O2S2/c1-5-7-11-17(3)27-23(19-13-9-15-31-19)21-22(25(27)29)24(20-14-10-16-32-20)28(26(21)30)18(4)12-8-6-2/h9-10,13-18H,5-8,11-12H2,1-4H3. The van der Waals surface area contributed by atoms with Crippen molar-refractivity contribution in [3.63, 3.8) is 0 Å². The number of carbonyl (C=O) groups excluding carboxylic acids is 2. The zero-order valence-corrected chi connectivity index (χ0v) is 21.0. The highest BCUT2D eigenvalue weighted by Crippen LogP contribution is 2.49. The lowest BCUT2D eigenvalue weighted by molar-refractivity contribution is -0.125. The third-order valence-electron chi connectivity index (χ3n) is 6.41. The first-order chi connectivity index (χ1) is 15.5. The normalized spacial score (nSPS) is 18.2. The quantitative estimate of drug-likeness (QED) is 0.386. The summed E-state index contributed by atoms with van der Waals surface area (Å²) in [4.78, 5) is 33.8. The van der Waals surface area contributed by atoms with Gasteiger partial charge in [0.2, 0.25) is 0 Å². The first kappa shape index (κ1) is 23.0. The van der Waals surface area contributed by atoms with Crippen LogP contribution in [0.2, 0.25) is 0 Å². The second kappa shape index (κ2) is 9.75. The molecule has 32 heavy (non-hydrogen) atoms. The summed E-state index contributed by atoms with van der Waals surface area (Å²) in [6.45, 7) is 8.56. The van der Waals surface area contributed by atoms with Crippen LogP contribution in [0.1, 0.15) is 76.0 Å². The van der Waals surface area contributed by atoms with Gasteiger partial charge in [-0.15, -0.1) is 22.7 Å². The van der Waals surface area contributed by atoms with Crippen LogP contribution in [-0.2, 0) is 9.59 Å². The first-order valence-electron chi connectivity index (χ1n) is 11.7. The monoisotopic (exact) mass is 468 g/mol. The van der Waals surface area contributed by atoms with Crippen molar-refractivity contribution in [1.82, 2.24) is 9.80 Å². The van der Waals surface area contributed by atoms with Crippen LogP contribution in [0.4, 0.5) is 0 Å². The summed E-state index contributed by atoms with van der Waals surface area (Å²) in [6.07, 6.45) is 6.14. The highest BCUT2D eigenvalue weighted by molar-refractivity contribution is 7.11. The zero-order chi connectivity index (χ0) is 22.8. The average molecular weight is 469 g/mol. The van der Waals surface area contributed by atoms with E-state index in [9.17, 15) is 9.59 Å². The fraction of sp³-hybridized carbons (Fsp3) is 0.462. The molecule has 0 saturated carbocycles. The van der Waals surface area contributed by atoms with Gasteiger partial charge in [-0.05, 0) is 49.6 Å². The van der Waals surface area contributed by atoms with Gasteiger partial charge in [0, 0.05) is 12.1 Å². The molecule has 2 unspecified atom stereocenters. The highest BCUT2D eigenvalue weighted by Gasteiger charge is 2.51. The lowest BCUT2D eigenvalue weighted by atomic mass is 10.1. The number of nitrogens with zero attached hydrogens (tertiary/aromatic N) is 2. The molecule has 6 heteroatoms. The van der Waals surface area contributed by atoms with Gasteiger partial charge in [-0.2, -0.15) is 0 Å². The lowest BCUT2D eigenvalue weighted by Gasteiger charge is -2.31. The summed E-state index contributed by atoms with van der Waals surface area (Å²) in [5, 5.41) is 4.04. The van der Waals surface area contributed by atoms with E-state index < -0.39 is 0 Å². The van der Waals surface area contributed by atoms with Gasteiger partial charge in [-0.3, -0.25) is 9.59 Å². The molecule has 0 bridgehead atoms. The first-order valence-corrected chi connectivity index (χ1v) is 13.5. The van der Waals surface area contributed by atoms with Crippen molar-refractivity contribution in [2.75, 3.05) is 0 Å². The molecule has 0 radical (unpaired) electrons. The SMILES string of the molecule is CCCCC(C)N1C(=O)C2=C(c3cccs3)N(C(C)CCCC)C(=O)C2=C1c1cccs1. The summed E-state index contributed by atoms with van der Waals surface area (Å²) in [7, 11) is 0. The largest absolute Gasteiger partial charge is 0.303 e. The van der Waals surface area contributed by atoms with E-state index in [1.165, 1.54) is 0 Å². The molecule has 170 valence electrons. The maximum Gasteiger partial charge on any atom is 0.261 e. The molecular formula is C26H32N2O2S2. The molecule has 0 fully saturated rings. The smallest absolute Gasteiger partial charge is 0.261 e. The van der Waals surface area contributed by atoms with Crippen molar-refractivity contribution in [2.45, 2.75) is 78.3 Å². The molecule has 4 heterocycles. The van der Waals surface area contributed by atoms with E-state index in [4.69, 9.17) is 0 Å². The van der Waals surface area contributed by atoms with Crippen molar-refractivity contribution in [1.29, 1.82) is 0 Å². The minimum absolute atomic E-state index is 0.0195. The summed E-state index contributed by atoms with van der Waals surface area (Å²) < 4.78 is 0. The van der Waals surface area contributed by atoms with Gasteiger partial charge >= 0.3 is 0 Å². The van der Waals surface area contributed by atoms with E-state index in [2.05, 4.69) is 27.7 Å². The topological polar surface area (TPSA) is 40.6 Å². The molecule has 2 aromatic rings. The molecule has 0 aliphatic carbocycles. The molecule has 2 aromatic heterocycles. The lowest BCUT2D eigenvalue weighted by Crippen LogP contribution is -2.37. The van der Waals surface area contributed by atoms with Gasteiger partial charge in [-0.25, -0.2) is 0 Å². The van der Waals surface area contributed by atoms with E-state index in [0.29, 0.717) is 11.1 Å². The molecule has 2 aliphatic rings. The predicted molar refractivity (Wildman–Crippen MR) is 134 cm³/mol. The van der Waals surface area contributed by atoms with Crippen LogP contribution < -0.4 is 0 Å². The zero-order valence-electron chi connectivity index (χ0n) is 19.4. The number of hydrogen-bond acceptors (Lipinski definition) is 4. The summed E-state index contributed by atoms with van der Waals surface area (Å²) in [6, 6.07) is 8.15. The van der Waals surface area contributed by atoms with E-state index in [1.54, 1.807) is 22.7 Å². The number of fused-ring (bicyclic) bond motifs is 1. The van der Waals surface area contributed by atoms with Gasteiger partial charge in [-0.1, -0.05) is 51.7 Å². The third kappa shape index (κ3) is 3.88. The van der Waals surface area contributed by atoms with Crippen molar-refractivity contribution < 1.29 is 9.59 Å². The Morgan fingerprint density at radius 1 is 0.750 bits per heavy atom. The third-order valence-corrected chi connectivity index (χ3v) is 8.17. The van der Waals surface area contributed by atoms with Gasteiger partial charge < -0.3 is 9.80 Å². The highest BCUT2D eigenvalue weighted by atomic mass is 32.1. The molecule has 0 N–H and O–H groups in total. The molecule has 2 aliphatic heterocycles. The van der Waals surface area contributed by atoms with Crippen LogP contribution in [0.25, 0.3) is 11.4 Å². The molecule has 0 saturated heterocycles. The number of rotatable bonds is 10. The number of hydrogen-bond donors (Lipinski definition) is 0. The Hall–Kier alpha value is -2.18. The van der Waals surface area contributed by atoms with Crippen LogP contribution in [0.15, 0.2) is 46.2 Å². The molecular weight excluding hydrogens is 436 g/mol. The molecule has 4 nitrogen and oxygen atoms in total. The Morgan fingerprint density at radius 2 is 1.16 bits per heavy atom. The molecule has 2 atom stereocenters. The number of unbranched alkanes of at least 4 members (excludes halogenated alkanes) is 2. The molecule has 4 rings (SSSR count). The Bertz CT molecular complexity index is 950. The van der Waals surface area contributed by atoms with Crippen LogP contribution >= 0.6 is 22.7 Å².